The Morgan fingerprint density at radius 1 is 1.19 bits per heavy atom. The lowest BCUT2D eigenvalue weighted by Gasteiger charge is -2.20. The fourth-order valence-electron chi connectivity index (χ4n) is 2.36. The van der Waals surface area contributed by atoms with Crippen LogP contribution in [0.2, 0.25) is 0 Å². The van der Waals surface area contributed by atoms with E-state index >= 15 is 0 Å². The molecule has 112 valence electrons. The highest BCUT2D eigenvalue weighted by atomic mass is 16.7. The number of nitrogens with zero attached hydrogens (tertiary/aromatic N) is 1. The van der Waals surface area contributed by atoms with Crippen molar-refractivity contribution in [2.75, 3.05) is 5.32 Å². The number of aryl methyl sites for hydroxylation is 2. The second-order valence-electron chi connectivity index (χ2n) is 5.51. The van der Waals surface area contributed by atoms with Gasteiger partial charge >= 0.3 is 0 Å². The molecule has 1 atom stereocenters. The third kappa shape index (κ3) is 2.55. The number of anilines is 1. The first-order valence-corrected chi connectivity index (χ1v) is 7.18. The van der Waals surface area contributed by atoms with E-state index in [0.717, 1.165) is 40.6 Å². The molecule has 0 amide bonds. The zero-order chi connectivity index (χ0) is 15.0. The van der Waals surface area contributed by atoms with Gasteiger partial charge in [-0.15, -0.1) is 0 Å². The Balaban J connectivity index is 1.73. The maximum atomic E-state index is 5.88. The van der Waals surface area contributed by atoms with Crippen molar-refractivity contribution in [3.63, 3.8) is 0 Å². The molecule has 1 aliphatic rings. The number of hydrogen-bond acceptors (Lipinski definition) is 5. The lowest BCUT2D eigenvalue weighted by Crippen LogP contribution is -2.33. The van der Waals surface area contributed by atoms with Gasteiger partial charge in [0.15, 0.2) is 11.5 Å². The molecule has 2 aromatic rings. The summed E-state index contributed by atoms with van der Waals surface area (Å²) in [5, 5.41) is 7.32. The molecule has 0 saturated carbocycles. The fraction of sp³-hybridized carbons (Fsp3) is 0.438. The number of benzene rings is 1. The predicted molar refractivity (Wildman–Crippen MR) is 79.7 cm³/mol. The highest BCUT2D eigenvalue weighted by Gasteiger charge is 2.34. The van der Waals surface area contributed by atoms with Gasteiger partial charge in [-0.3, -0.25) is 0 Å². The third-order valence-corrected chi connectivity index (χ3v) is 3.89. The lowest BCUT2D eigenvalue weighted by atomic mass is 10.2. The van der Waals surface area contributed by atoms with Gasteiger partial charge in [0.2, 0.25) is 5.79 Å². The van der Waals surface area contributed by atoms with Crippen LogP contribution in [0, 0.1) is 13.8 Å². The fourth-order valence-corrected chi connectivity index (χ4v) is 2.36. The van der Waals surface area contributed by atoms with Crippen LogP contribution in [-0.4, -0.2) is 10.9 Å². The predicted octanol–water partition coefficient (Wildman–Crippen LogP) is 3.80. The Morgan fingerprint density at radius 2 is 1.95 bits per heavy atom. The van der Waals surface area contributed by atoms with Crippen molar-refractivity contribution in [2.45, 2.75) is 46.4 Å². The van der Waals surface area contributed by atoms with Crippen LogP contribution in [0.15, 0.2) is 22.7 Å². The summed E-state index contributed by atoms with van der Waals surface area (Å²) < 4.78 is 16.9. The lowest BCUT2D eigenvalue weighted by molar-refractivity contribution is -0.0640. The Labute approximate surface area is 124 Å². The third-order valence-electron chi connectivity index (χ3n) is 3.89. The molecule has 1 aromatic heterocycles. The number of aromatic nitrogens is 1. The molecular weight excluding hydrogens is 268 g/mol. The summed E-state index contributed by atoms with van der Waals surface area (Å²) in [6.45, 7) is 8.53. The SMILES string of the molecule is CCC1(C)Oc2ccc(NCc3c(C)noc3C)cc2O1. The molecule has 21 heavy (non-hydrogen) atoms. The summed E-state index contributed by atoms with van der Waals surface area (Å²) >= 11 is 0. The summed E-state index contributed by atoms with van der Waals surface area (Å²) in [6, 6.07) is 5.89. The number of ether oxygens (including phenoxy) is 2. The quantitative estimate of drug-likeness (QED) is 0.927. The monoisotopic (exact) mass is 288 g/mol. The minimum atomic E-state index is -0.553. The Bertz CT molecular complexity index is 646. The Kier molecular flexibility index (Phi) is 3.27. The highest BCUT2D eigenvalue weighted by Crippen LogP contribution is 2.42. The molecule has 0 bridgehead atoms. The molecule has 5 heteroatoms. The smallest absolute Gasteiger partial charge is 0.248 e. The van der Waals surface area contributed by atoms with Crippen LogP contribution >= 0.6 is 0 Å². The average Bonchev–Trinajstić information content (AvgIpc) is 2.96. The van der Waals surface area contributed by atoms with Gasteiger partial charge < -0.3 is 19.3 Å². The topological polar surface area (TPSA) is 56.5 Å². The largest absolute Gasteiger partial charge is 0.449 e. The number of rotatable bonds is 4. The maximum absolute atomic E-state index is 5.88. The van der Waals surface area contributed by atoms with Crippen LogP contribution in [-0.2, 0) is 6.54 Å². The number of fused-ring (bicyclic) bond motifs is 1. The number of hydrogen-bond donors (Lipinski definition) is 1. The van der Waals surface area contributed by atoms with Crippen LogP contribution < -0.4 is 14.8 Å². The van der Waals surface area contributed by atoms with Crippen LogP contribution in [0.3, 0.4) is 0 Å². The second-order valence-corrected chi connectivity index (χ2v) is 5.51. The van der Waals surface area contributed by atoms with E-state index in [9.17, 15) is 0 Å². The van der Waals surface area contributed by atoms with Crippen molar-refractivity contribution in [3.05, 3.63) is 35.2 Å². The van der Waals surface area contributed by atoms with E-state index in [1.807, 2.05) is 45.9 Å². The molecule has 1 unspecified atom stereocenters. The first-order chi connectivity index (χ1) is 10.0. The van der Waals surface area contributed by atoms with Crippen molar-refractivity contribution in [2.24, 2.45) is 0 Å². The summed E-state index contributed by atoms with van der Waals surface area (Å²) in [7, 11) is 0. The van der Waals surface area contributed by atoms with E-state index in [2.05, 4.69) is 10.5 Å². The summed E-state index contributed by atoms with van der Waals surface area (Å²) in [6.07, 6.45) is 0.795. The molecule has 1 aromatic carbocycles. The summed E-state index contributed by atoms with van der Waals surface area (Å²) in [4.78, 5) is 0. The van der Waals surface area contributed by atoms with E-state index < -0.39 is 5.79 Å². The molecule has 3 rings (SSSR count). The molecule has 1 aliphatic heterocycles. The molecule has 1 N–H and O–H groups in total. The minimum absolute atomic E-state index is 0.553. The van der Waals surface area contributed by atoms with Crippen molar-refractivity contribution < 1.29 is 14.0 Å². The zero-order valence-electron chi connectivity index (χ0n) is 12.8. The number of nitrogens with one attached hydrogen (secondary N) is 1. The standard InChI is InChI=1S/C16H20N2O3/c1-5-16(4)19-14-7-6-12(8-15(14)20-16)17-9-13-10(2)18-21-11(13)3/h6-8,17H,5,9H2,1-4H3. The van der Waals surface area contributed by atoms with E-state index in [1.54, 1.807) is 0 Å². The van der Waals surface area contributed by atoms with Crippen molar-refractivity contribution in [1.82, 2.24) is 5.16 Å². The normalized spacial score (nSPS) is 19.8. The molecular formula is C16H20N2O3. The molecule has 0 fully saturated rings. The van der Waals surface area contributed by atoms with E-state index in [1.165, 1.54) is 0 Å². The van der Waals surface area contributed by atoms with Crippen molar-refractivity contribution in [3.8, 4) is 11.5 Å². The maximum Gasteiger partial charge on any atom is 0.248 e. The molecule has 5 nitrogen and oxygen atoms in total. The van der Waals surface area contributed by atoms with Crippen molar-refractivity contribution in [1.29, 1.82) is 0 Å². The molecule has 0 saturated heterocycles. The van der Waals surface area contributed by atoms with Gasteiger partial charge in [0.05, 0.1) is 5.69 Å². The van der Waals surface area contributed by atoms with Crippen LogP contribution in [0.4, 0.5) is 5.69 Å². The van der Waals surface area contributed by atoms with Gasteiger partial charge in [-0.25, -0.2) is 0 Å². The van der Waals surface area contributed by atoms with Gasteiger partial charge in [0.25, 0.3) is 0 Å². The second kappa shape index (κ2) is 4.98. The average molecular weight is 288 g/mol. The van der Waals surface area contributed by atoms with E-state index in [4.69, 9.17) is 14.0 Å². The van der Waals surface area contributed by atoms with E-state index in [0.29, 0.717) is 6.54 Å². The van der Waals surface area contributed by atoms with Gasteiger partial charge in [0.1, 0.15) is 5.76 Å². The highest BCUT2D eigenvalue weighted by molar-refractivity contribution is 5.56. The molecule has 0 aliphatic carbocycles. The molecule has 0 radical (unpaired) electrons. The summed E-state index contributed by atoms with van der Waals surface area (Å²) in [5.74, 6) is 1.87. The Morgan fingerprint density at radius 3 is 2.62 bits per heavy atom. The van der Waals surface area contributed by atoms with Gasteiger partial charge in [-0.2, -0.15) is 0 Å². The Hall–Kier alpha value is -2.17. The van der Waals surface area contributed by atoms with E-state index in [-0.39, 0.29) is 0 Å². The molecule has 0 spiro atoms. The molecule has 2 heterocycles. The van der Waals surface area contributed by atoms with Crippen LogP contribution in [0.25, 0.3) is 0 Å². The summed E-state index contributed by atoms with van der Waals surface area (Å²) in [5.41, 5.74) is 2.99. The van der Waals surface area contributed by atoms with Gasteiger partial charge in [-0.1, -0.05) is 12.1 Å². The first-order valence-electron chi connectivity index (χ1n) is 7.18. The zero-order valence-corrected chi connectivity index (χ0v) is 12.8. The van der Waals surface area contributed by atoms with Crippen molar-refractivity contribution >= 4 is 5.69 Å². The van der Waals surface area contributed by atoms with Gasteiger partial charge in [0, 0.05) is 37.2 Å². The van der Waals surface area contributed by atoms with Crippen LogP contribution in [0.1, 0.15) is 37.3 Å². The minimum Gasteiger partial charge on any atom is -0.449 e. The first kappa shape index (κ1) is 13.8. The van der Waals surface area contributed by atoms with Gasteiger partial charge in [-0.05, 0) is 26.0 Å². The van der Waals surface area contributed by atoms with Crippen LogP contribution in [0.5, 0.6) is 11.5 Å².